The fraction of sp³-hybridized carbons (Fsp3) is 0.316. The summed E-state index contributed by atoms with van der Waals surface area (Å²) in [5.74, 6) is -0.0619. The van der Waals surface area contributed by atoms with Gasteiger partial charge in [-0.3, -0.25) is 10.1 Å². The second-order valence-electron chi connectivity index (χ2n) is 6.06. The highest BCUT2D eigenvalue weighted by molar-refractivity contribution is 6.35. The van der Waals surface area contributed by atoms with Crippen LogP contribution in [0, 0.1) is 0 Å². The van der Waals surface area contributed by atoms with E-state index in [9.17, 15) is 4.79 Å². The zero-order valence-corrected chi connectivity index (χ0v) is 15.5. The van der Waals surface area contributed by atoms with Crippen molar-refractivity contribution in [3.05, 3.63) is 69.7 Å². The number of rotatable bonds is 6. The Kier molecular flexibility index (Phi) is 6.67. The lowest BCUT2D eigenvalue weighted by Crippen LogP contribution is -2.41. The molecule has 0 bridgehead atoms. The Labute approximate surface area is 153 Å². The average Bonchev–Trinajstić information content (AvgIpc) is 2.52. The zero-order chi connectivity index (χ0) is 17.7. The fourth-order valence-electron chi connectivity index (χ4n) is 2.53. The number of carbonyl (C=O) groups excluding carboxylic acids is 1. The third-order valence-electron chi connectivity index (χ3n) is 3.67. The monoisotopic (exact) mass is 364 g/mol. The minimum absolute atomic E-state index is 0.0619. The highest BCUT2D eigenvalue weighted by Crippen LogP contribution is 2.28. The van der Waals surface area contributed by atoms with Gasteiger partial charge in [-0.05, 0) is 44.0 Å². The van der Waals surface area contributed by atoms with Crippen LogP contribution < -0.4 is 10.6 Å². The van der Waals surface area contributed by atoms with Crippen molar-refractivity contribution in [3.8, 4) is 0 Å². The van der Waals surface area contributed by atoms with Crippen molar-refractivity contribution in [1.82, 2.24) is 10.6 Å². The topological polar surface area (TPSA) is 41.1 Å². The van der Waals surface area contributed by atoms with Gasteiger partial charge in [0.1, 0.15) is 6.04 Å². The fourth-order valence-corrected chi connectivity index (χ4v) is 3.10. The number of amides is 1. The molecule has 0 spiro atoms. The first-order chi connectivity index (χ1) is 11.4. The third kappa shape index (κ3) is 4.97. The molecule has 24 heavy (non-hydrogen) atoms. The maximum atomic E-state index is 12.6. The molecule has 128 valence electrons. The molecule has 0 saturated heterocycles. The van der Waals surface area contributed by atoms with Crippen LogP contribution in [0.5, 0.6) is 0 Å². The lowest BCUT2D eigenvalue weighted by atomic mass is 10.0. The summed E-state index contributed by atoms with van der Waals surface area (Å²) in [5.41, 5.74) is 1.81. The molecule has 2 unspecified atom stereocenters. The number of nitrogens with one attached hydrogen (secondary N) is 2. The Balaban J connectivity index is 2.25. The van der Waals surface area contributed by atoms with Gasteiger partial charge in [0.15, 0.2) is 0 Å². The molecule has 0 fully saturated rings. The van der Waals surface area contributed by atoms with Crippen molar-refractivity contribution in [2.75, 3.05) is 0 Å². The second-order valence-corrected chi connectivity index (χ2v) is 6.90. The molecule has 3 nitrogen and oxygen atoms in total. The van der Waals surface area contributed by atoms with Crippen LogP contribution in [0.3, 0.4) is 0 Å². The minimum Gasteiger partial charge on any atom is -0.352 e. The Morgan fingerprint density at radius 3 is 2.25 bits per heavy atom. The molecular formula is C19H22Cl2N2O. The first-order valence-electron chi connectivity index (χ1n) is 7.94. The van der Waals surface area contributed by atoms with Gasteiger partial charge in [-0.1, -0.05) is 59.6 Å². The van der Waals surface area contributed by atoms with Gasteiger partial charge in [0, 0.05) is 22.1 Å². The zero-order valence-electron chi connectivity index (χ0n) is 14.0. The molecule has 0 aromatic heterocycles. The van der Waals surface area contributed by atoms with Crippen LogP contribution in [0.4, 0.5) is 0 Å². The van der Waals surface area contributed by atoms with Gasteiger partial charge in [-0.15, -0.1) is 0 Å². The van der Waals surface area contributed by atoms with Gasteiger partial charge in [0.2, 0.25) is 5.91 Å². The van der Waals surface area contributed by atoms with Crippen molar-refractivity contribution in [3.63, 3.8) is 0 Å². The second kappa shape index (κ2) is 8.52. The van der Waals surface area contributed by atoms with E-state index in [1.54, 1.807) is 12.1 Å². The Hall–Kier alpha value is -1.55. The number of hydrogen-bond donors (Lipinski definition) is 2. The van der Waals surface area contributed by atoms with Crippen molar-refractivity contribution in [2.45, 2.75) is 38.9 Å². The summed E-state index contributed by atoms with van der Waals surface area (Å²) in [6.07, 6.45) is 0. The summed E-state index contributed by atoms with van der Waals surface area (Å²) in [6.45, 7) is 5.87. The van der Waals surface area contributed by atoms with Crippen molar-refractivity contribution >= 4 is 29.1 Å². The third-order valence-corrected chi connectivity index (χ3v) is 4.23. The Morgan fingerprint density at radius 2 is 1.67 bits per heavy atom. The molecule has 0 heterocycles. The average molecular weight is 365 g/mol. The predicted molar refractivity (Wildman–Crippen MR) is 100 cm³/mol. The summed E-state index contributed by atoms with van der Waals surface area (Å²) in [5, 5.41) is 7.51. The SMILES string of the molecule is CC(C)NC(=O)C(NC(C)c1ccc(Cl)cc1Cl)c1ccccc1. The van der Waals surface area contributed by atoms with Crippen LogP contribution in [0.2, 0.25) is 10.0 Å². The van der Waals surface area contributed by atoms with E-state index in [2.05, 4.69) is 10.6 Å². The molecule has 0 aliphatic heterocycles. The van der Waals surface area contributed by atoms with E-state index in [1.165, 1.54) is 0 Å². The van der Waals surface area contributed by atoms with E-state index in [4.69, 9.17) is 23.2 Å². The van der Waals surface area contributed by atoms with Crippen LogP contribution in [-0.2, 0) is 4.79 Å². The molecule has 0 aliphatic rings. The lowest BCUT2D eigenvalue weighted by molar-refractivity contribution is -0.124. The Morgan fingerprint density at radius 1 is 1.00 bits per heavy atom. The van der Waals surface area contributed by atoms with Gasteiger partial charge in [-0.2, -0.15) is 0 Å². The molecule has 0 saturated carbocycles. The van der Waals surface area contributed by atoms with E-state index in [1.807, 2.05) is 57.2 Å². The summed E-state index contributed by atoms with van der Waals surface area (Å²) in [7, 11) is 0. The molecule has 2 rings (SSSR count). The highest BCUT2D eigenvalue weighted by atomic mass is 35.5. The van der Waals surface area contributed by atoms with Crippen LogP contribution in [0.25, 0.3) is 0 Å². The number of hydrogen-bond acceptors (Lipinski definition) is 2. The number of carbonyl (C=O) groups is 1. The first-order valence-corrected chi connectivity index (χ1v) is 8.70. The first kappa shape index (κ1) is 18.8. The lowest BCUT2D eigenvalue weighted by Gasteiger charge is -2.25. The van der Waals surface area contributed by atoms with Gasteiger partial charge in [-0.25, -0.2) is 0 Å². The quantitative estimate of drug-likeness (QED) is 0.764. The normalized spacial score (nSPS) is 13.6. The number of benzene rings is 2. The van der Waals surface area contributed by atoms with E-state index >= 15 is 0 Å². The molecule has 0 radical (unpaired) electrons. The van der Waals surface area contributed by atoms with Crippen molar-refractivity contribution in [1.29, 1.82) is 0 Å². The van der Waals surface area contributed by atoms with Crippen molar-refractivity contribution in [2.24, 2.45) is 0 Å². The van der Waals surface area contributed by atoms with E-state index in [0.29, 0.717) is 10.0 Å². The largest absolute Gasteiger partial charge is 0.352 e. The van der Waals surface area contributed by atoms with Gasteiger partial charge < -0.3 is 5.32 Å². The van der Waals surface area contributed by atoms with E-state index in [-0.39, 0.29) is 18.0 Å². The standard InChI is InChI=1S/C19H22Cl2N2O/c1-12(2)22-19(24)18(14-7-5-4-6-8-14)23-13(3)16-10-9-15(20)11-17(16)21/h4-13,18,23H,1-3H3,(H,22,24). The molecule has 2 aromatic carbocycles. The summed E-state index contributed by atoms with van der Waals surface area (Å²) in [6, 6.07) is 14.5. The molecule has 0 aliphatic carbocycles. The maximum Gasteiger partial charge on any atom is 0.241 e. The Bertz CT molecular complexity index is 689. The molecule has 1 amide bonds. The van der Waals surface area contributed by atoms with Crippen LogP contribution in [0.1, 0.15) is 44.0 Å². The molecule has 2 aromatic rings. The van der Waals surface area contributed by atoms with Crippen molar-refractivity contribution < 1.29 is 4.79 Å². The number of halogens is 2. The van der Waals surface area contributed by atoms with E-state index in [0.717, 1.165) is 11.1 Å². The van der Waals surface area contributed by atoms with E-state index < -0.39 is 6.04 Å². The maximum absolute atomic E-state index is 12.6. The minimum atomic E-state index is -0.463. The van der Waals surface area contributed by atoms with Crippen LogP contribution >= 0.6 is 23.2 Å². The highest BCUT2D eigenvalue weighted by Gasteiger charge is 2.24. The van der Waals surface area contributed by atoms with Crippen LogP contribution in [0.15, 0.2) is 48.5 Å². The summed E-state index contributed by atoms with van der Waals surface area (Å²) in [4.78, 5) is 12.6. The molecule has 2 atom stereocenters. The summed E-state index contributed by atoms with van der Waals surface area (Å²) < 4.78 is 0. The molecule has 2 N–H and O–H groups in total. The van der Waals surface area contributed by atoms with Gasteiger partial charge in [0.25, 0.3) is 0 Å². The van der Waals surface area contributed by atoms with Gasteiger partial charge in [0.05, 0.1) is 0 Å². The smallest absolute Gasteiger partial charge is 0.241 e. The molecular weight excluding hydrogens is 343 g/mol. The van der Waals surface area contributed by atoms with Gasteiger partial charge >= 0.3 is 0 Å². The van der Waals surface area contributed by atoms with Crippen LogP contribution in [-0.4, -0.2) is 11.9 Å². The predicted octanol–water partition coefficient (Wildman–Crippen LogP) is 4.91. The molecule has 5 heteroatoms. The summed E-state index contributed by atoms with van der Waals surface area (Å²) >= 11 is 12.3.